The normalized spacial score (nSPS) is 26.6. The summed E-state index contributed by atoms with van der Waals surface area (Å²) in [6, 6.07) is 3.07. The molecule has 0 bridgehead atoms. The lowest BCUT2D eigenvalue weighted by atomic mass is 9.88. The molecule has 1 heterocycles. The molecule has 0 spiro atoms. The molecule has 0 amide bonds. The molecule has 3 nitrogen and oxygen atoms in total. The van der Waals surface area contributed by atoms with E-state index in [1.165, 1.54) is 25.0 Å². The third-order valence-electron chi connectivity index (χ3n) is 4.18. The van der Waals surface area contributed by atoms with Gasteiger partial charge in [0.2, 0.25) is 0 Å². The fourth-order valence-corrected chi connectivity index (χ4v) is 3.25. The van der Waals surface area contributed by atoms with E-state index in [1.807, 2.05) is 6.20 Å². The van der Waals surface area contributed by atoms with Gasteiger partial charge in [0.1, 0.15) is 0 Å². The van der Waals surface area contributed by atoms with Crippen molar-refractivity contribution in [2.45, 2.75) is 52.1 Å². The molecule has 0 aromatic carbocycles. The van der Waals surface area contributed by atoms with Crippen LogP contribution in [0.25, 0.3) is 0 Å². The third kappa shape index (κ3) is 2.39. The predicted octanol–water partition coefficient (Wildman–Crippen LogP) is 3.16. The molecular weight excluding hydrogens is 210 g/mol. The lowest BCUT2D eigenvalue weighted by Crippen LogP contribution is -2.29. The van der Waals surface area contributed by atoms with Crippen molar-refractivity contribution in [2.24, 2.45) is 11.8 Å². The second-order valence-electron chi connectivity index (χ2n) is 5.63. The van der Waals surface area contributed by atoms with Crippen molar-refractivity contribution in [3.8, 4) is 0 Å². The average molecular weight is 235 g/mol. The zero-order valence-corrected chi connectivity index (χ0v) is 11.5. The Morgan fingerprint density at radius 1 is 1.41 bits per heavy atom. The molecule has 1 aliphatic carbocycles. The van der Waals surface area contributed by atoms with Gasteiger partial charge >= 0.3 is 0 Å². The first-order valence-electron chi connectivity index (χ1n) is 6.85. The van der Waals surface area contributed by atoms with Gasteiger partial charge in [-0.1, -0.05) is 19.8 Å². The van der Waals surface area contributed by atoms with Crippen molar-refractivity contribution in [1.82, 2.24) is 15.1 Å². The molecule has 96 valence electrons. The van der Waals surface area contributed by atoms with E-state index in [2.05, 4.69) is 49.0 Å². The lowest BCUT2D eigenvalue weighted by Gasteiger charge is -2.28. The topological polar surface area (TPSA) is 29.9 Å². The number of hydrogen-bond donors (Lipinski definition) is 1. The maximum Gasteiger partial charge on any atom is 0.0559 e. The zero-order chi connectivity index (χ0) is 12.4. The van der Waals surface area contributed by atoms with Gasteiger partial charge in [-0.15, -0.1) is 0 Å². The monoisotopic (exact) mass is 235 g/mol. The number of hydrogen-bond acceptors (Lipinski definition) is 2. The Morgan fingerprint density at radius 2 is 2.18 bits per heavy atom. The summed E-state index contributed by atoms with van der Waals surface area (Å²) in [6.07, 6.45) is 6.02. The van der Waals surface area contributed by atoms with E-state index >= 15 is 0 Å². The molecule has 3 heteroatoms. The van der Waals surface area contributed by atoms with E-state index < -0.39 is 0 Å². The summed E-state index contributed by atoms with van der Waals surface area (Å²) in [4.78, 5) is 0. The Morgan fingerprint density at radius 3 is 2.71 bits per heavy atom. The van der Waals surface area contributed by atoms with E-state index in [0.29, 0.717) is 12.1 Å². The highest BCUT2D eigenvalue weighted by Crippen LogP contribution is 2.40. The third-order valence-corrected chi connectivity index (χ3v) is 4.18. The summed E-state index contributed by atoms with van der Waals surface area (Å²) in [5.41, 5.74) is 1.35. The van der Waals surface area contributed by atoms with Crippen molar-refractivity contribution in [3.05, 3.63) is 18.0 Å². The Kier molecular flexibility index (Phi) is 3.87. The van der Waals surface area contributed by atoms with Gasteiger partial charge < -0.3 is 5.32 Å². The van der Waals surface area contributed by atoms with E-state index in [0.717, 1.165) is 11.8 Å². The summed E-state index contributed by atoms with van der Waals surface area (Å²) >= 11 is 0. The van der Waals surface area contributed by atoms with E-state index in [4.69, 9.17) is 0 Å². The minimum atomic E-state index is 0.438. The zero-order valence-electron chi connectivity index (χ0n) is 11.5. The first-order valence-corrected chi connectivity index (χ1v) is 6.85. The molecule has 0 saturated heterocycles. The summed E-state index contributed by atoms with van der Waals surface area (Å²) < 4.78 is 2.16. The van der Waals surface area contributed by atoms with Gasteiger partial charge in [0.25, 0.3) is 0 Å². The van der Waals surface area contributed by atoms with Crippen LogP contribution in [0.3, 0.4) is 0 Å². The summed E-state index contributed by atoms with van der Waals surface area (Å²) in [6.45, 7) is 6.78. The highest BCUT2D eigenvalue weighted by atomic mass is 15.3. The largest absolute Gasteiger partial charge is 0.311 e. The first-order chi connectivity index (χ1) is 8.15. The highest BCUT2D eigenvalue weighted by Gasteiger charge is 2.32. The molecule has 2 rings (SSSR count). The van der Waals surface area contributed by atoms with Gasteiger partial charge in [-0.2, -0.15) is 5.10 Å². The van der Waals surface area contributed by atoms with E-state index in [9.17, 15) is 0 Å². The number of nitrogens with zero attached hydrogens (tertiary/aromatic N) is 2. The minimum absolute atomic E-state index is 0.438. The molecule has 1 aromatic rings. The van der Waals surface area contributed by atoms with Crippen LogP contribution >= 0.6 is 0 Å². The van der Waals surface area contributed by atoms with Crippen molar-refractivity contribution in [3.63, 3.8) is 0 Å². The number of nitrogens with one attached hydrogen (secondary N) is 1. The first kappa shape index (κ1) is 12.6. The SMILES string of the molecule is CNC(c1ccnn1C(C)C)C1CCCC1C. The summed E-state index contributed by atoms with van der Waals surface area (Å²) in [5.74, 6) is 1.58. The van der Waals surface area contributed by atoms with Crippen molar-refractivity contribution in [2.75, 3.05) is 7.05 Å². The number of rotatable bonds is 4. The molecule has 1 fully saturated rings. The molecule has 17 heavy (non-hydrogen) atoms. The van der Waals surface area contributed by atoms with Crippen LogP contribution in [0.5, 0.6) is 0 Å². The lowest BCUT2D eigenvalue weighted by molar-refractivity contribution is 0.296. The highest BCUT2D eigenvalue weighted by molar-refractivity contribution is 5.10. The smallest absolute Gasteiger partial charge is 0.0559 e. The van der Waals surface area contributed by atoms with Crippen LogP contribution in [0.2, 0.25) is 0 Å². The molecule has 1 aromatic heterocycles. The summed E-state index contributed by atoms with van der Waals surface area (Å²) in [5, 5.41) is 7.97. The van der Waals surface area contributed by atoms with Crippen LogP contribution in [0.4, 0.5) is 0 Å². The molecule has 1 saturated carbocycles. The maximum absolute atomic E-state index is 4.46. The second kappa shape index (κ2) is 5.21. The summed E-state index contributed by atoms with van der Waals surface area (Å²) in [7, 11) is 2.08. The van der Waals surface area contributed by atoms with E-state index in [-0.39, 0.29) is 0 Å². The molecule has 3 unspecified atom stereocenters. The molecule has 1 aliphatic rings. The van der Waals surface area contributed by atoms with Crippen LogP contribution in [0, 0.1) is 11.8 Å². The Hall–Kier alpha value is -0.830. The van der Waals surface area contributed by atoms with Gasteiger partial charge in [-0.25, -0.2) is 0 Å². The molecule has 1 N–H and O–H groups in total. The molecule has 3 atom stereocenters. The van der Waals surface area contributed by atoms with Gasteiger partial charge in [-0.05, 0) is 45.2 Å². The van der Waals surface area contributed by atoms with E-state index in [1.54, 1.807) is 0 Å². The molecule has 0 aliphatic heterocycles. The standard InChI is InChI=1S/C14H25N3/c1-10(2)17-13(8-9-16-17)14(15-4)12-7-5-6-11(12)3/h8-12,14-15H,5-7H2,1-4H3. The molecular formula is C14H25N3. The van der Waals surface area contributed by atoms with Crippen molar-refractivity contribution >= 4 is 0 Å². The average Bonchev–Trinajstić information content (AvgIpc) is 2.90. The minimum Gasteiger partial charge on any atom is -0.311 e. The van der Waals surface area contributed by atoms with Crippen molar-refractivity contribution < 1.29 is 0 Å². The quantitative estimate of drug-likeness (QED) is 0.868. The Bertz CT molecular complexity index is 356. The predicted molar refractivity (Wildman–Crippen MR) is 70.9 cm³/mol. The molecule has 0 radical (unpaired) electrons. The van der Waals surface area contributed by atoms with Crippen LogP contribution < -0.4 is 5.32 Å². The van der Waals surface area contributed by atoms with Gasteiger partial charge in [0.15, 0.2) is 0 Å². The second-order valence-corrected chi connectivity index (χ2v) is 5.63. The fraction of sp³-hybridized carbons (Fsp3) is 0.786. The van der Waals surface area contributed by atoms with Crippen LogP contribution in [0.1, 0.15) is 57.8 Å². The Labute approximate surface area is 105 Å². The van der Waals surface area contributed by atoms with Crippen molar-refractivity contribution in [1.29, 1.82) is 0 Å². The van der Waals surface area contributed by atoms with Crippen LogP contribution in [-0.4, -0.2) is 16.8 Å². The van der Waals surface area contributed by atoms with Gasteiger partial charge in [0, 0.05) is 12.2 Å². The Balaban J connectivity index is 2.25. The van der Waals surface area contributed by atoms with Crippen LogP contribution in [0.15, 0.2) is 12.3 Å². The number of aromatic nitrogens is 2. The maximum atomic E-state index is 4.46. The van der Waals surface area contributed by atoms with Gasteiger partial charge in [-0.3, -0.25) is 4.68 Å². The van der Waals surface area contributed by atoms with Crippen LogP contribution in [-0.2, 0) is 0 Å². The van der Waals surface area contributed by atoms with Gasteiger partial charge in [0.05, 0.1) is 11.7 Å². The fourth-order valence-electron chi connectivity index (χ4n) is 3.25.